The Morgan fingerprint density at radius 1 is 1.40 bits per heavy atom. The van der Waals surface area contributed by atoms with Gasteiger partial charge in [0.15, 0.2) is 0 Å². The molecule has 4 N–H and O–H groups in total. The summed E-state index contributed by atoms with van der Waals surface area (Å²) < 4.78 is 0. The van der Waals surface area contributed by atoms with E-state index < -0.39 is 0 Å². The van der Waals surface area contributed by atoms with Crippen LogP contribution in [0.5, 0.6) is 0 Å². The molecule has 0 aliphatic carbocycles. The fourth-order valence-corrected chi connectivity index (χ4v) is 2.85. The monoisotopic (exact) mass is 297 g/mol. The van der Waals surface area contributed by atoms with Crippen LogP contribution in [0.3, 0.4) is 0 Å². The highest BCUT2D eigenvalue weighted by atomic mass is 35.5. The Labute approximate surface area is 126 Å². The Kier molecular flexibility index (Phi) is 6.99. The number of likely N-dealkylation sites (tertiary alicyclic amines) is 1. The second-order valence-corrected chi connectivity index (χ2v) is 5.39. The quantitative estimate of drug-likeness (QED) is 0.870. The van der Waals surface area contributed by atoms with Crippen LogP contribution in [0.25, 0.3) is 0 Å². The summed E-state index contributed by atoms with van der Waals surface area (Å²) in [5, 5.41) is 0. The third-order valence-electron chi connectivity index (χ3n) is 3.80. The molecule has 1 unspecified atom stereocenters. The van der Waals surface area contributed by atoms with Gasteiger partial charge in [-0.25, -0.2) is 0 Å². The lowest BCUT2D eigenvalue weighted by Gasteiger charge is -2.32. The summed E-state index contributed by atoms with van der Waals surface area (Å²) in [6, 6.07) is 7.61. The minimum absolute atomic E-state index is 0. The molecule has 0 spiro atoms. The second-order valence-electron chi connectivity index (χ2n) is 5.39. The molecule has 0 bridgehead atoms. The molecule has 1 aromatic carbocycles. The number of halogens is 1. The fourth-order valence-electron chi connectivity index (χ4n) is 2.85. The third-order valence-corrected chi connectivity index (χ3v) is 3.80. The molecule has 1 heterocycles. The zero-order chi connectivity index (χ0) is 13.7. The molecular weight excluding hydrogens is 274 g/mol. The standard InChI is InChI=1S/C15H23N3O.ClH/c16-7-6-12-4-2-8-18(10-12)11-13-3-1-5-14(9-13)15(17)19;/h1,3,5,9,12H,2,4,6-8,10-11,16H2,(H2,17,19);1H. The van der Waals surface area contributed by atoms with E-state index in [9.17, 15) is 4.79 Å². The van der Waals surface area contributed by atoms with Gasteiger partial charge >= 0.3 is 0 Å². The number of hydrogen-bond acceptors (Lipinski definition) is 3. The molecular formula is C15H24ClN3O. The van der Waals surface area contributed by atoms with Crippen LogP contribution in [0.4, 0.5) is 0 Å². The summed E-state index contributed by atoms with van der Waals surface area (Å²) in [4.78, 5) is 13.6. The summed E-state index contributed by atoms with van der Waals surface area (Å²) in [6.07, 6.45) is 3.63. The second kappa shape index (κ2) is 8.25. The molecule has 4 nitrogen and oxygen atoms in total. The van der Waals surface area contributed by atoms with Crippen LogP contribution >= 0.6 is 12.4 Å². The third kappa shape index (κ3) is 4.78. The van der Waals surface area contributed by atoms with E-state index in [2.05, 4.69) is 11.0 Å². The summed E-state index contributed by atoms with van der Waals surface area (Å²) in [6.45, 7) is 3.90. The summed E-state index contributed by atoms with van der Waals surface area (Å²) in [5.74, 6) is 0.361. The first-order valence-electron chi connectivity index (χ1n) is 7.00. The average Bonchev–Trinajstić information content (AvgIpc) is 2.40. The number of carbonyl (C=O) groups excluding carboxylic acids is 1. The van der Waals surface area contributed by atoms with Gasteiger partial charge in [-0.15, -0.1) is 12.4 Å². The lowest BCUT2D eigenvalue weighted by atomic mass is 9.94. The lowest BCUT2D eigenvalue weighted by molar-refractivity contribution is 0.1000. The Balaban J connectivity index is 0.00000200. The summed E-state index contributed by atoms with van der Waals surface area (Å²) in [7, 11) is 0. The first kappa shape index (κ1) is 17.0. The Morgan fingerprint density at radius 3 is 2.90 bits per heavy atom. The number of nitrogens with zero attached hydrogens (tertiary/aromatic N) is 1. The van der Waals surface area contributed by atoms with Crippen molar-refractivity contribution in [2.75, 3.05) is 19.6 Å². The van der Waals surface area contributed by atoms with Crippen molar-refractivity contribution in [2.45, 2.75) is 25.8 Å². The molecule has 112 valence electrons. The van der Waals surface area contributed by atoms with Gasteiger partial charge in [0.05, 0.1) is 0 Å². The van der Waals surface area contributed by atoms with Crippen molar-refractivity contribution in [3.63, 3.8) is 0 Å². The number of hydrogen-bond donors (Lipinski definition) is 2. The predicted octanol–water partition coefficient (Wildman–Crippen LogP) is 1.77. The van der Waals surface area contributed by atoms with Gasteiger partial charge in [0.1, 0.15) is 0 Å². The first-order valence-corrected chi connectivity index (χ1v) is 7.00. The van der Waals surface area contributed by atoms with Crippen LogP contribution < -0.4 is 11.5 Å². The van der Waals surface area contributed by atoms with Crippen molar-refractivity contribution < 1.29 is 4.79 Å². The minimum Gasteiger partial charge on any atom is -0.366 e. The maximum atomic E-state index is 11.2. The zero-order valence-corrected chi connectivity index (χ0v) is 12.6. The highest BCUT2D eigenvalue weighted by Crippen LogP contribution is 2.20. The first-order chi connectivity index (χ1) is 9.19. The summed E-state index contributed by atoms with van der Waals surface area (Å²) >= 11 is 0. The molecule has 0 radical (unpaired) electrons. The smallest absolute Gasteiger partial charge is 0.248 e. The van der Waals surface area contributed by atoms with E-state index in [1.165, 1.54) is 12.8 Å². The van der Waals surface area contributed by atoms with Gasteiger partial charge < -0.3 is 11.5 Å². The molecule has 0 aromatic heterocycles. The maximum absolute atomic E-state index is 11.2. The largest absolute Gasteiger partial charge is 0.366 e. The average molecular weight is 298 g/mol. The van der Waals surface area contributed by atoms with Crippen molar-refractivity contribution in [1.29, 1.82) is 0 Å². The van der Waals surface area contributed by atoms with Crippen molar-refractivity contribution in [1.82, 2.24) is 4.90 Å². The van der Waals surface area contributed by atoms with E-state index in [-0.39, 0.29) is 18.3 Å². The number of rotatable bonds is 5. The van der Waals surface area contributed by atoms with Gasteiger partial charge in [0, 0.05) is 18.7 Å². The molecule has 0 saturated carbocycles. The Hall–Kier alpha value is -1.10. The maximum Gasteiger partial charge on any atom is 0.248 e. The molecule has 1 saturated heterocycles. The Morgan fingerprint density at radius 2 is 2.20 bits per heavy atom. The van der Waals surface area contributed by atoms with Gasteiger partial charge in [-0.1, -0.05) is 12.1 Å². The lowest BCUT2D eigenvalue weighted by Crippen LogP contribution is -2.35. The number of nitrogens with two attached hydrogens (primary N) is 2. The highest BCUT2D eigenvalue weighted by Gasteiger charge is 2.19. The minimum atomic E-state index is -0.360. The molecule has 1 aliphatic rings. The Bertz CT molecular complexity index is 437. The number of carbonyl (C=O) groups is 1. The SMILES string of the molecule is Cl.NCCC1CCCN(Cc2cccc(C(N)=O)c2)C1. The van der Waals surface area contributed by atoms with Gasteiger partial charge in [0.25, 0.3) is 0 Å². The van der Waals surface area contributed by atoms with Crippen molar-refractivity contribution >= 4 is 18.3 Å². The van der Waals surface area contributed by atoms with Crippen LogP contribution in [0.15, 0.2) is 24.3 Å². The molecule has 2 rings (SSSR count). The van der Waals surface area contributed by atoms with Crippen LogP contribution in [0, 0.1) is 5.92 Å². The van der Waals surface area contributed by atoms with Crippen LogP contribution in [0.1, 0.15) is 35.2 Å². The predicted molar refractivity (Wildman–Crippen MR) is 83.9 cm³/mol. The van der Waals surface area contributed by atoms with E-state index in [1.807, 2.05) is 12.1 Å². The van der Waals surface area contributed by atoms with Gasteiger partial charge in [-0.2, -0.15) is 0 Å². The van der Waals surface area contributed by atoms with E-state index in [1.54, 1.807) is 6.07 Å². The molecule has 20 heavy (non-hydrogen) atoms. The van der Waals surface area contributed by atoms with Crippen molar-refractivity contribution in [3.05, 3.63) is 35.4 Å². The van der Waals surface area contributed by atoms with Crippen LogP contribution in [-0.4, -0.2) is 30.4 Å². The van der Waals surface area contributed by atoms with Gasteiger partial charge in [0.2, 0.25) is 5.91 Å². The molecule has 5 heteroatoms. The molecule has 1 aromatic rings. The zero-order valence-electron chi connectivity index (χ0n) is 11.8. The molecule has 1 aliphatic heterocycles. The number of benzene rings is 1. The topological polar surface area (TPSA) is 72.3 Å². The number of piperidine rings is 1. The molecule has 1 fully saturated rings. The van der Waals surface area contributed by atoms with E-state index in [4.69, 9.17) is 11.5 Å². The van der Waals surface area contributed by atoms with E-state index >= 15 is 0 Å². The van der Waals surface area contributed by atoms with Crippen LogP contribution in [-0.2, 0) is 6.54 Å². The number of amides is 1. The molecule has 1 amide bonds. The normalized spacial score (nSPS) is 19.4. The molecule has 1 atom stereocenters. The van der Waals surface area contributed by atoms with Crippen molar-refractivity contribution in [2.24, 2.45) is 17.4 Å². The van der Waals surface area contributed by atoms with Gasteiger partial charge in [-0.05, 0) is 56.0 Å². The number of primary amides is 1. The van der Waals surface area contributed by atoms with Crippen LogP contribution in [0.2, 0.25) is 0 Å². The highest BCUT2D eigenvalue weighted by molar-refractivity contribution is 5.92. The summed E-state index contributed by atoms with van der Waals surface area (Å²) in [5.41, 5.74) is 12.7. The fraction of sp³-hybridized carbons (Fsp3) is 0.533. The van der Waals surface area contributed by atoms with Gasteiger partial charge in [-0.3, -0.25) is 9.69 Å². The van der Waals surface area contributed by atoms with Crippen molar-refractivity contribution in [3.8, 4) is 0 Å². The van der Waals surface area contributed by atoms with E-state index in [0.717, 1.165) is 44.1 Å². The van der Waals surface area contributed by atoms with E-state index in [0.29, 0.717) is 5.56 Å².